The van der Waals surface area contributed by atoms with Gasteiger partial charge in [-0.15, -0.1) is 0 Å². The molecule has 6 nitrogen and oxygen atoms in total. The molecule has 0 bridgehead atoms. The number of pyridine rings is 1. The molecule has 0 saturated carbocycles. The number of aromatic nitrogens is 1. The van der Waals surface area contributed by atoms with E-state index in [1.807, 2.05) is 78.9 Å². The summed E-state index contributed by atoms with van der Waals surface area (Å²) in [6.45, 7) is 0.831. The standard InChI is InChI=1S/C27H23N3O3/c31-27(24-12-7-15-28-18-24)30-29-17-23-13-14-25(32-19-21-8-3-1-4-9-21)26(16-23)33-20-22-10-5-2-6-11-22/h1-18H,19-20H2,(H,30,31)/b29-17+. The lowest BCUT2D eigenvalue weighted by Gasteiger charge is -2.14. The molecule has 0 unspecified atom stereocenters. The van der Waals surface area contributed by atoms with Gasteiger partial charge in [0.25, 0.3) is 5.91 Å². The summed E-state index contributed by atoms with van der Waals surface area (Å²) in [6, 6.07) is 28.8. The van der Waals surface area contributed by atoms with Gasteiger partial charge in [-0.05, 0) is 47.0 Å². The van der Waals surface area contributed by atoms with Gasteiger partial charge in [-0.3, -0.25) is 9.78 Å². The van der Waals surface area contributed by atoms with E-state index in [4.69, 9.17) is 9.47 Å². The number of hydrogen-bond donors (Lipinski definition) is 1. The zero-order chi connectivity index (χ0) is 22.7. The lowest BCUT2D eigenvalue weighted by molar-refractivity contribution is 0.0955. The van der Waals surface area contributed by atoms with Crippen molar-refractivity contribution in [3.8, 4) is 11.5 Å². The van der Waals surface area contributed by atoms with Gasteiger partial charge in [0.2, 0.25) is 0 Å². The van der Waals surface area contributed by atoms with Crippen molar-refractivity contribution in [3.63, 3.8) is 0 Å². The highest BCUT2D eigenvalue weighted by atomic mass is 16.5. The van der Waals surface area contributed by atoms with E-state index >= 15 is 0 Å². The molecule has 0 aliphatic heterocycles. The van der Waals surface area contributed by atoms with E-state index in [-0.39, 0.29) is 5.91 Å². The zero-order valence-electron chi connectivity index (χ0n) is 17.9. The minimum Gasteiger partial charge on any atom is -0.485 e. The number of hydrazone groups is 1. The van der Waals surface area contributed by atoms with E-state index in [1.165, 1.54) is 6.20 Å². The third-order valence-corrected chi connectivity index (χ3v) is 4.75. The Bertz CT molecular complexity index is 1200. The van der Waals surface area contributed by atoms with Crippen LogP contribution in [0.25, 0.3) is 0 Å². The van der Waals surface area contributed by atoms with Crippen LogP contribution in [0.5, 0.6) is 11.5 Å². The smallest absolute Gasteiger partial charge is 0.272 e. The SMILES string of the molecule is O=C(N/N=C/c1ccc(OCc2ccccc2)c(OCc2ccccc2)c1)c1cccnc1. The summed E-state index contributed by atoms with van der Waals surface area (Å²) in [6.07, 6.45) is 4.66. The van der Waals surface area contributed by atoms with Gasteiger partial charge in [-0.25, -0.2) is 5.43 Å². The molecule has 33 heavy (non-hydrogen) atoms. The van der Waals surface area contributed by atoms with Crippen molar-refractivity contribution in [1.29, 1.82) is 0 Å². The van der Waals surface area contributed by atoms with E-state index in [0.29, 0.717) is 30.3 Å². The minimum absolute atomic E-state index is 0.331. The van der Waals surface area contributed by atoms with E-state index in [9.17, 15) is 4.79 Å². The number of hydrogen-bond acceptors (Lipinski definition) is 5. The Hall–Kier alpha value is -4.45. The number of ether oxygens (including phenoxy) is 2. The largest absolute Gasteiger partial charge is 0.485 e. The van der Waals surface area contributed by atoms with E-state index in [1.54, 1.807) is 24.5 Å². The van der Waals surface area contributed by atoms with Gasteiger partial charge in [0.05, 0.1) is 11.8 Å². The first-order chi connectivity index (χ1) is 16.3. The number of rotatable bonds is 9. The molecule has 0 atom stereocenters. The van der Waals surface area contributed by atoms with Gasteiger partial charge in [0.1, 0.15) is 13.2 Å². The molecule has 4 rings (SSSR count). The lowest BCUT2D eigenvalue weighted by atomic mass is 10.2. The molecule has 0 aliphatic rings. The highest BCUT2D eigenvalue weighted by molar-refractivity contribution is 5.94. The van der Waals surface area contributed by atoms with Crippen LogP contribution in [0.15, 0.2) is 108 Å². The average Bonchev–Trinajstić information content (AvgIpc) is 2.88. The van der Waals surface area contributed by atoms with Crippen LogP contribution in [0.1, 0.15) is 27.0 Å². The molecule has 164 valence electrons. The number of amides is 1. The monoisotopic (exact) mass is 437 g/mol. The second-order valence-corrected chi connectivity index (χ2v) is 7.20. The van der Waals surface area contributed by atoms with Crippen LogP contribution >= 0.6 is 0 Å². The van der Waals surface area contributed by atoms with Gasteiger partial charge in [0, 0.05) is 12.4 Å². The predicted octanol–water partition coefficient (Wildman–Crippen LogP) is 5.00. The Morgan fingerprint density at radius 1 is 0.818 bits per heavy atom. The highest BCUT2D eigenvalue weighted by Crippen LogP contribution is 2.29. The van der Waals surface area contributed by atoms with Gasteiger partial charge in [-0.1, -0.05) is 60.7 Å². The van der Waals surface area contributed by atoms with Crippen molar-refractivity contribution < 1.29 is 14.3 Å². The second-order valence-electron chi connectivity index (χ2n) is 7.20. The lowest BCUT2D eigenvalue weighted by Crippen LogP contribution is -2.17. The Balaban J connectivity index is 1.47. The van der Waals surface area contributed by atoms with Crippen molar-refractivity contribution in [2.75, 3.05) is 0 Å². The van der Waals surface area contributed by atoms with Crippen molar-refractivity contribution in [2.24, 2.45) is 5.10 Å². The number of carbonyl (C=O) groups excluding carboxylic acids is 1. The molecule has 0 spiro atoms. The summed E-state index contributed by atoms with van der Waals surface area (Å²) in [5, 5.41) is 4.05. The highest BCUT2D eigenvalue weighted by Gasteiger charge is 2.08. The molecule has 1 N–H and O–H groups in total. The maximum absolute atomic E-state index is 12.1. The normalized spacial score (nSPS) is 10.7. The van der Waals surface area contributed by atoms with Crippen LogP contribution in [0.3, 0.4) is 0 Å². The molecule has 3 aromatic carbocycles. The van der Waals surface area contributed by atoms with Crippen molar-refractivity contribution in [3.05, 3.63) is 126 Å². The van der Waals surface area contributed by atoms with Gasteiger partial charge in [0.15, 0.2) is 11.5 Å². The summed E-state index contributed by atoms with van der Waals surface area (Å²) in [5.41, 5.74) is 5.82. The second kappa shape index (κ2) is 11.2. The van der Waals surface area contributed by atoms with Crippen LogP contribution in [-0.4, -0.2) is 17.1 Å². The number of nitrogens with one attached hydrogen (secondary N) is 1. The quantitative estimate of drug-likeness (QED) is 0.295. The van der Waals surface area contributed by atoms with Crippen molar-refractivity contribution in [2.45, 2.75) is 13.2 Å². The summed E-state index contributed by atoms with van der Waals surface area (Å²) in [7, 11) is 0. The molecule has 0 radical (unpaired) electrons. The molecule has 1 aromatic heterocycles. The fraction of sp³-hybridized carbons (Fsp3) is 0.0741. The van der Waals surface area contributed by atoms with Gasteiger partial charge >= 0.3 is 0 Å². The summed E-state index contributed by atoms with van der Waals surface area (Å²) in [4.78, 5) is 16.1. The average molecular weight is 437 g/mol. The Morgan fingerprint density at radius 2 is 1.48 bits per heavy atom. The van der Waals surface area contributed by atoms with E-state index < -0.39 is 0 Å². The minimum atomic E-state index is -0.331. The van der Waals surface area contributed by atoms with Crippen molar-refractivity contribution >= 4 is 12.1 Å². The summed E-state index contributed by atoms with van der Waals surface area (Å²) < 4.78 is 12.1. The topological polar surface area (TPSA) is 72.8 Å². The van der Waals surface area contributed by atoms with Gasteiger partial charge in [-0.2, -0.15) is 5.10 Å². The van der Waals surface area contributed by atoms with Crippen LogP contribution < -0.4 is 14.9 Å². The Labute approximate surface area is 192 Å². The third-order valence-electron chi connectivity index (χ3n) is 4.75. The molecular weight excluding hydrogens is 414 g/mol. The zero-order valence-corrected chi connectivity index (χ0v) is 17.9. The van der Waals surface area contributed by atoms with Crippen LogP contribution in [0.4, 0.5) is 0 Å². The first-order valence-corrected chi connectivity index (χ1v) is 10.5. The van der Waals surface area contributed by atoms with E-state index in [0.717, 1.165) is 16.7 Å². The van der Waals surface area contributed by atoms with Crippen LogP contribution in [0.2, 0.25) is 0 Å². The summed E-state index contributed by atoms with van der Waals surface area (Å²) in [5.74, 6) is 0.895. The number of nitrogens with zero attached hydrogens (tertiary/aromatic N) is 2. The Morgan fingerprint density at radius 3 is 2.12 bits per heavy atom. The molecule has 1 heterocycles. The maximum atomic E-state index is 12.1. The molecule has 6 heteroatoms. The number of carbonyl (C=O) groups is 1. The summed E-state index contributed by atoms with van der Waals surface area (Å²) >= 11 is 0. The molecule has 0 saturated heterocycles. The fourth-order valence-corrected chi connectivity index (χ4v) is 3.03. The predicted molar refractivity (Wildman–Crippen MR) is 127 cm³/mol. The molecular formula is C27H23N3O3. The Kier molecular flexibility index (Phi) is 7.42. The molecule has 0 aliphatic carbocycles. The van der Waals surface area contributed by atoms with Crippen molar-refractivity contribution in [1.82, 2.24) is 10.4 Å². The van der Waals surface area contributed by atoms with E-state index in [2.05, 4.69) is 15.5 Å². The number of benzene rings is 3. The molecule has 1 amide bonds. The first-order valence-electron chi connectivity index (χ1n) is 10.5. The van der Waals surface area contributed by atoms with Gasteiger partial charge < -0.3 is 9.47 Å². The van der Waals surface area contributed by atoms with Crippen LogP contribution in [0, 0.1) is 0 Å². The fourth-order valence-electron chi connectivity index (χ4n) is 3.03. The maximum Gasteiger partial charge on any atom is 0.272 e. The third kappa shape index (κ3) is 6.51. The molecule has 4 aromatic rings. The molecule has 0 fully saturated rings. The first kappa shape index (κ1) is 21.8. The van der Waals surface area contributed by atoms with Crippen LogP contribution in [-0.2, 0) is 13.2 Å².